The van der Waals surface area contributed by atoms with Crippen LogP contribution < -0.4 is 11.1 Å². The number of nitrogens with zero attached hydrogens (tertiary/aromatic N) is 2. The van der Waals surface area contributed by atoms with Gasteiger partial charge in [-0.1, -0.05) is 42.5 Å². The molecule has 1 atom stereocenters. The molecule has 11 heteroatoms. The second-order valence-corrected chi connectivity index (χ2v) is 10.3. The molecule has 0 bridgehead atoms. The highest BCUT2D eigenvalue weighted by Gasteiger charge is 2.44. The molecule has 2 aromatic carbocycles. The Morgan fingerprint density at radius 3 is 2.22 bits per heavy atom. The SMILES string of the molecule is Cl.NC(Cc1ccc(-c2ccc(F)cc2)cc1)(c1cccc(NCC(=O)O)n1)S(=O)(=O)c1cccnc1. The van der Waals surface area contributed by atoms with Gasteiger partial charge in [-0.2, -0.15) is 0 Å². The van der Waals surface area contributed by atoms with Gasteiger partial charge in [0, 0.05) is 18.8 Å². The third-order valence-corrected chi connectivity index (χ3v) is 7.80. The number of carboxylic acids is 1. The third kappa shape index (κ3) is 6.11. The predicted molar refractivity (Wildman–Crippen MR) is 140 cm³/mol. The van der Waals surface area contributed by atoms with Gasteiger partial charge < -0.3 is 16.2 Å². The Hall–Kier alpha value is -3.86. The zero-order valence-electron chi connectivity index (χ0n) is 19.4. The summed E-state index contributed by atoms with van der Waals surface area (Å²) in [5.74, 6) is -1.25. The van der Waals surface area contributed by atoms with Gasteiger partial charge in [0.25, 0.3) is 0 Å². The lowest BCUT2D eigenvalue weighted by Gasteiger charge is -2.29. The molecule has 0 aliphatic rings. The Balaban J connectivity index is 0.00000380. The molecule has 0 saturated carbocycles. The average Bonchev–Trinajstić information content (AvgIpc) is 2.89. The van der Waals surface area contributed by atoms with Crippen LogP contribution in [0.15, 0.2) is 96.2 Å². The summed E-state index contributed by atoms with van der Waals surface area (Å²) >= 11 is 0. The number of halogens is 2. The van der Waals surface area contributed by atoms with Crippen molar-refractivity contribution in [2.24, 2.45) is 5.73 Å². The fraction of sp³-hybridized carbons (Fsp3) is 0.115. The highest BCUT2D eigenvalue weighted by Crippen LogP contribution is 2.34. The molecule has 4 rings (SSSR count). The van der Waals surface area contributed by atoms with Crippen LogP contribution >= 0.6 is 12.4 Å². The fourth-order valence-electron chi connectivity index (χ4n) is 3.74. The van der Waals surface area contributed by atoms with Crippen LogP contribution in [-0.2, 0) is 25.9 Å². The summed E-state index contributed by atoms with van der Waals surface area (Å²) in [5.41, 5.74) is 9.00. The van der Waals surface area contributed by atoms with Gasteiger partial charge in [-0.15, -0.1) is 12.4 Å². The van der Waals surface area contributed by atoms with Crippen molar-refractivity contribution in [1.29, 1.82) is 0 Å². The zero-order chi connectivity index (χ0) is 25.8. The molecule has 0 fully saturated rings. The summed E-state index contributed by atoms with van der Waals surface area (Å²) in [4.78, 5) is 17.2. The van der Waals surface area contributed by atoms with Crippen LogP contribution in [0, 0.1) is 5.82 Å². The molecular weight excluding hydrogens is 519 g/mol. The van der Waals surface area contributed by atoms with Gasteiger partial charge in [0.1, 0.15) is 18.2 Å². The van der Waals surface area contributed by atoms with Gasteiger partial charge in [-0.25, -0.2) is 17.8 Å². The topological polar surface area (TPSA) is 135 Å². The van der Waals surface area contributed by atoms with Crippen LogP contribution in [0.5, 0.6) is 0 Å². The van der Waals surface area contributed by atoms with Gasteiger partial charge in [-0.05, 0) is 53.1 Å². The first-order valence-electron chi connectivity index (χ1n) is 10.9. The minimum atomic E-state index is -4.20. The van der Waals surface area contributed by atoms with Crippen LogP contribution in [0.25, 0.3) is 11.1 Å². The van der Waals surface area contributed by atoms with Crippen LogP contribution in [-0.4, -0.2) is 36.0 Å². The molecule has 2 heterocycles. The summed E-state index contributed by atoms with van der Waals surface area (Å²) in [5, 5.41) is 11.6. The molecule has 37 heavy (non-hydrogen) atoms. The number of pyridine rings is 2. The normalized spacial score (nSPS) is 12.7. The van der Waals surface area contributed by atoms with Crippen molar-refractivity contribution in [1.82, 2.24) is 9.97 Å². The number of hydrogen-bond acceptors (Lipinski definition) is 7. The lowest BCUT2D eigenvalue weighted by molar-refractivity contribution is -0.134. The van der Waals surface area contributed by atoms with Crippen molar-refractivity contribution < 1.29 is 22.7 Å². The van der Waals surface area contributed by atoms with Gasteiger partial charge in [0.2, 0.25) is 9.84 Å². The average molecular weight is 543 g/mol. The molecule has 0 spiro atoms. The van der Waals surface area contributed by atoms with Gasteiger partial charge in [0.05, 0.1) is 10.6 Å². The monoisotopic (exact) mass is 542 g/mol. The molecule has 0 aliphatic heterocycles. The Morgan fingerprint density at radius 1 is 0.973 bits per heavy atom. The maximum absolute atomic E-state index is 13.8. The number of aliphatic carboxylic acids is 1. The number of rotatable bonds is 9. The molecular formula is C26H24ClFN4O4S. The summed E-state index contributed by atoms with van der Waals surface area (Å²) in [6.45, 7) is -0.395. The maximum Gasteiger partial charge on any atom is 0.322 e. The highest BCUT2D eigenvalue weighted by molar-refractivity contribution is 7.92. The van der Waals surface area contributed by atoms with E-state index in [9.17, 15) is 17.6 Å². The molecule has 0 saturated heterocycles. The van der Waals surface area contributed by atoms with E-state index < -0.39 is 27.2 Å². The Bertz CT molecular complexity index is 1470. The summed E-state index contributed by atoms with van der Waals surface area (Å²) < 4.78 is 40.9. The summed E-state index contributed by atoms with van der Waals surface area (Å²) in [7, 11) is -4.20. The second-order valence-electron chi connectivity index (χ2n) is 8.12. The standard InChI is InChI=1S/C26H23FN4O4S.ClH/c27-21-12-10-20(11-13-21)19-8-6-18(7-9-19)15-26(28,36(34,35)22-3-2-14-29-16-22)23-4-1-5-24(31-23)30-17-25(32)33;/h1-14,16H,15,17,28H2,(H,30,31)(H,32,33);1H. The van der Waals surface area contributed by atoms with E-state index in [1.54, 1.807) is 42.5 Å². The third-order valence-electron chi connectivity index (χ3n) is 5.63. The molecule has 0 aliphatic carbocycles. The lowest BCUT2D eigenvalue weighted by Crippen LogP contribution is -2.47. The number of carboxylic acid groups (broad SMARTS) is 1. The van der Waals surface area contributed by atoms with E-state index >= 15 is 0 Å². The number of hydrogen-bond donors (Lipinski definition) is 3. The van der Waals surface area contributed by atoms with Gasteiger partial charge >= 0.3 is 5.97 Å². The first kappa shape index (κ1) is 27.7. The fourth-order valence-corrected chi connectivity index (χ4v) is 5.36. The maximum atomic E-state index is 13.8. The van der Waals surface area contributed by atoms with E-state index in [0.29, 0.717) is 5.56 Å². The van der Waals surface area contributed by atoms with Crippen molar-refractivity contribution in [3.05, 3.63) is 108 Å². The molecule has 4 aromatic rings. The predicted octanol–water partition coefficient (Wildman–Crippen LogP) is 4.03. The smallest absolute Gasteiger partial charge is 0.322 e. The number of nitrogens with two attached hydrogens (primary N) is 1. The van der Waals surface area contributed by atoms with Crippen LogP contribution in [0.1, 0.15) is 11.3 Å². The highest BCUT2D eigenvalue weighted by atomic mass is 35.5. The molecule has 192 valence electrons. The second kappa shape index (κ2) is 11.5. The molecule has 2 aromatic heterocycles. The number of aromatic nitrogens is 2. The zero-order valence-corrected chi connectivity index (χ0v) is 21.0. The van der Waals surface area contributed by atoms with Crippen molar-refractivity contribution in [2.45, 2.75) is 16.2 Å². The number of anilines is 1. The van der Waals surface area contributed by atoms with Crippen molar-refractivity contribution in [3.8, 4) is 11.1 Å². The molecule has 1 unspecified atom stereocenters. The van der Waals surface area contributed by atoms with E-state index in [4.69, 9.17) is 10.8 Å². The van der Waals surface area contributed by atoms with Crippen LogP contribution in [0.2, 0.25) is 0 Å². The van der Waals surface area contributed by atoms with E-state index in [-0.39, 0.29) is 41.1 Å². The largest absolute Gasteiger partial charge is 0.480 e. The Morgan fingerprint density at radius 2 is 1.62 bits per heavy atom. The van der Waals surface area contributed by atoms with Crippen molar-refractivity contribution in [2.75, 3.05) is 11.9 Å². The Labute approximate surface area is 219 Å². The Kier molecular flexibility index (Phi) is 8.59. The van der Waals surface area contributed by atoms with Crippen molar-refractivity contribution in [3.63, 3.8) is 0 Å². The van der Waals surface area contributed by atoms with E-state index in [2.05, 4.69) is 15.3 Å². The summed E-state index contributed by atoms with van der Waals surface area (Å²) in [6, 6.07) is 20.7. The number of carbonyl (C=O) groups is 1. The minimum Gasteiger partial charge on any atom is -0.480 e. The molecule has 0 radical (unpaired) electrons. The number of sulfone groups is 1. The van der Waals surface area contributed by atoms with Crippen LogP contribution in [0.4, 0.5) is 10.2 Å². The lowest BCUT2D eigenvalue weighted by atomic mass is 9.99. The quantitative estimate of drug-likeness (QED) is 0.288. The number of benzene rings is 2. The molecule has 4 N–H and O–H groups in total. The first-order valence-corrected chi connectivity index (χ1v) is 12.4. The van der Waals surface area contributed by atoms with E-state index in [1.807, 2.05) is 0 Å². The van der Waals surface area contributed by atoms with Crippen LogP contribution in [0.3, 0.4) is 0 Å². The van der Waals surface area contributed by atoms with Gasteiger partial charge in [0.15, 0.2) is 4.87 Å². The van der Waals surface area contributed by atoms with Gasteiger partial charge in [-0.3, -0.25) is 9.78 Å². The van der Waals surface area contributed by atoms with E-state index in [1.165, 1.54) is 48.8 Å². The molecule has 0 amide bonds. The minimum absolute atomic E-state index is 0. The number of nitrogens with one attached hydrogen (secondary N) is 1. The first-order chi connectivity index (χ1) is 17.2. The molecule has 8 nitrogen and oxygen atoms in total. The van der Waals surface area contributed by atoms with E-state index in [0.717, 1.165) is 11.1 Å². The summed E-state index contributed by atoms with van der Waals surface area (Å²) in [6.07, 6.45) is 2.56. The van der Waals surface area contributed by atoms with Crippen molar-refractivity contribution >= 4 is 34.0 Å².